The lowest BCUT2D eigenvalue weighted by molar-refractivity contribution is -0.142. The third kappa shape index (κ3) is 19.4. The lowest BCUT2D eigenvalue weighted by Crippen LogP contribution is -2.52. The third-order valence-corrected chi connectivity index (χ3v) is 26.6. The van der Waals surface area contributed by atoms with Gasteiger partial charge in [-0.15, -0.1) is 0 Å². The second kappa shape index (κ2) is 38.1. The SMILES string of the molecule is CC(C)(C(=O)O)c1nccnc1Cl.CC1(C)C(=O)N(C2CC(O)C2)c2nccnc21.CC1(C)C(=O)N(C2CC(OCc3ccccc3)C2)c2nccnc21.CC1(C)C(=O)N(C2CC(OCc3ccccc3)C2)c2nccnc21.CC1(C)C(=O)N(C2CC(Oc3nc4ccccc4s3)C2)c2nccnc21.NC1CC(OCc2ccccc2)C1.O=c1[nH]c2ccccc2s1. The highest BCUT2D eigenvalue weighted by atomic mass is 35.5. The highest BCUT2D eigenvalue weighted by Gasteiger charge is 2.56. The van der Waals surface area contributed by atoms with E-state index in [1.54, 1.807) is 65.8 Å². The van der Waals surface area contributed by atoms with Crippen molar-refractivity contribution in [3.63, 3.8) is 0 Å². The monoisotopic (exact) mass is 1770 g/mol. The van der Waals surface area contributed by atoms with Gasteiger partial charge < -0.3 is 39.9 Å². The van der Waals surface area contributed by atoms with E-state index in [1.165, 1.54) is 54.3 Å². The molecule has 9 aliphatic rings. The molecular formula is C95H104ClN17O12S2. The van der Waals surface area contributed by atoms with Crippen molar-refractivity contribution in [3.8, 4) is 5.19 Å². The zero-order valence-electron chi connectivity index (χ0n) is 72.5. The Balaban J connectivity index is 0.000000117. The van der Waals surface area contributed by atoms with Crippen LogP contribution in [0.25, 0.3) is 20.4 Å². The second-order valence-electron chi connectivity index (χ2n) is 35.6. The summed E-state index contributed by atoms with van der Waals surface area (Å²) >= 11 is 8.52. The van der Waals surface area contributed by atoms with Crippen LogP contribution < -0.4 is 34.9 Å². The average Bonchev–Trinajstić information content (AvgIpc) is 1.60. The zero-order chi connectivity index (χ0) is 89.7. The number of aromatic amines is 1. The lowest BCUT2D eigenvalue weighted by atomic mass is 9.86. The van der Waals surface area contributed by atoms with E-state index >= 15 is 0 Å². The van der Waals surface area contributed by atoms with Crippen LogP contribution in [-0.4, -0.2) is 160 Å². The largest absolute Gasteiger partial charge is 0.481 e. The molecule has 29 nitrogen and oxygen atoms in total. The quantitative estimate of drug-likeness (QED) is 0.0658. The number of para-hydroxylation sites is 2. The number of carbonyl (C=O) groups excluding carboxylic acids is 4. The molecule has 5 aromatic carbocycles. The first kappa shape index (κ1) is 90.1. The van der Waals surface area contributed by atoms with Gasteiger partial charge >= 0.3 is 10.8 Å². The van der Waals surface area contributed by atoms with Gasteiger partial charge in [-0.25, -0.2) is 29.9 Å². The van der Waals surface area contributed by atoms with Crippen LogP contribution in [0, 0.1) is 0 Å². The summed E-state index contributed by atoms with van der Waals surface area (Å²) in [5, 5.41) is 19.1. The van der Waals surface area contributed by atoms with Crippen molar-refractivity contribution in [3.05, 3.63) is 261 Å². The number of benzene rings is 5. The Morgan fingerprint density at radius 2 is 0.772 bits per heavy atom. The Kier molecular flexibility index (Phi) is 27.0. The third-order valence-electron chi connectivity index (χ3n) is 24.5. The molecule has 0 unspecified atom stereocenters. The standard InChI is InChI=1S/C19H18N4O2S.2C19H21N3O2.C12H15N3O2.C11H15NO.C8H9ClN2O2.C7H5NOS/c1-19(2)15-16(21-8-7-20-15)23(17(19)24)11-9-12(10-11)25-18-22-13-5-3-4-6-14(13)26-18;2*1-19(2)16-17(21-9-8-20-16)22(18(19)23)14-10-15(11-14)24-12-13-6-4-3-5-7-13;1-12(2)9-10(14-4-3-13-9)15(11(12)17)7-5-8(16)6-7;12-10-6-11(7-10)13-8-9-4-2-1-3-5-9;1-8(2,7(12)13)5-6(9)11-4-3-10-5;9-7-8-5-3-1-2-4-6(5)10-7/h3-8,11-12H,9-10H2,1-2H3;2*3-9,14-15H,10-12H2,1-2H3;3-4,7-8,16H,5-6H2,1-2H3;1-5,10-11H,6-8,12H2;3-4H,1-2H3,(H,12,13);1-4H,(H,8,9). The van der Waals surface area contributed by atoms with Crippen LogP contribution in [0.2, 0.25) is 5.15 Å². The molecule has 5 saturated carbocycles. The molecule has 5 N–H and O–H groups in total. The van der Waals surface area contributed by atoms with E-state index in [0.29, 0.717) is 55.0 Å². The van der Waals surface area contributed by atoms with Crippen molar-refractivity contribution in [2.45, 2.75) is 241 Å². The first-order valence-electron chi connectivity index (χ1n) is 42.7. The molecule has 127 heavy (non-hydrogen) atoms. The summed E-state index contributed by atoms with van der Waals surface area (Å²) in [6, 6.07) is 47.1. The summed E-state index contributed by atoms with van der Waals surface area (Å²) in [6.07, 6.45) is 24.9. The maximum absolute atomic E-state index is 12.9. The number of hydrogen-bond donors (Lipinski definition) is 4. The van der Waals surface area contributed by atoms with E-state index in [1.807, 2.05) is 173 Å². The summed E-state index contributed by atoms with van der Waals surface area (Å²) < 4.78 is 25.7. The van der Waals surface area contributed by atoms with Crippen LogP contribution in [-0.2, 0) is 85.1 Å². The summed E-state index contributed by atoms with van der Waals surface area (Å²) in [5.74, 6) is 2.13. The number of nitrogens with two attached hydrogens (primary N) is 1. The van der Waals surface area contributed by atoms with Gasteiger partial charge in [0.2, 0.25) is 23.6 Å². The van der Waals surface area contributed by atoms with Crippen LogP contribution in [0.1, 0.15) is 179 Å². The van der Waals surface area contributed by atoms with Gasteiger partial charge in [0.25, 0.3) is 5.19 Å². The Morgan fingerprint density at radius 1 is 0.441 bits per heavy atom. The van der Waals surface area contributed by atoms with Crippen LogP contribution >= 0.6 is 34.3 Å². The van der Waals surface area contributed by atoms with Gasteiger partial charge in [-0.3, -0.25) is 73.3 Å². The van der Waals surface area contributed by atoms with Gasteiger partial charge in [-0.2, -0.15) is 0 Å². The van der Waals surface area contributed by atoms with E-state index in [0.717, 1.165) is 113 Å². The predicted octanol–water partition coefficient (Wildman–Crippen LogP) is 14.4. The number of aliphatic carboxylic acids is 1. The molecule has 4 aliphatic heterocycles. The molecule has 0 atom stereocenters. The van der Waals surface area contributed by atoms with Gasteiger partial charge in [0.1, 0.15) is 11.5 Å². The molecule has 32 heteroatoms. The van der Waals surface area contributed by atoms with Crippen molar-refractivity contribution in [1.82, 2.24) is 59.8 Å². The first-order valence-corrected chi connectivity index (χ1v) is 44.7. The van der Waals surface area contributed by atoms with Crippen molar-refractivity contribution < 1.29 is 53.1 Å². The maximum atomic E-state index is 12.9. The number of carboxylic acid groups (broad SMARTS) is 1. The minimum atomic E-state index is -1.11. The maximum Gasteiger partial charge on any atom is 0.315 e. The van der Waals surface area contributed by atoms with Crippen LogP contribution in [0.4, 0.5) is 23.3 Å². The summed E-state index contributed by atoms with van der Waals surface area (Å²) in [7, 11) is 0. The number of H-pyrrole nitrogens is 1. The zero-order valence-corrected chi connectivity index (χ0v) is 74.9. The molecule has 4 amide bonds. The predicted molar refractivity (Wildman–Crippen MR) is 485 cm³/mol. The Labute approximate surface area is 749 Å². The number of carbonyl (C=O) groups is 5. The lowest BCUT2D eigenvalue weighted by Gasteiger charge is -2.41. The second-order valence-corrected chi connectivity index (χ2v) is 37.9. The molecule has 12 aromatic rings. The first-order chi connectivity index (χ1) is 60.9. The molecule has 0 radical (unpaired) electrons. The number of aliphatic hydroxyl groups is 1. The number of anilines is 4. The molecule has 660 valence electrons. The molecule has 11 heterocycles. The van der Waals surface area contributed by atoms with Gasteiger partial charge in [-0.1, -0.05) is 150 Å². The summed E-state index contributed by atoms with van der Waals surface area (Å²) in [4.78, 5) is 130. The highest BCUT2D eigenvalue weighted by Crippen LogP contribution is 2.49. The average molecular weight is 1780 g/mol. The minimum Gasteiger partial charge on any atom is -0.481 e. The van der Waals surface area contributed by atoms with Crippen molar-refractivity contribution in [1.29, 1.82) is 0 Å². The van der Waals surface area contributed by atoms with Gasteiger partial charge in [0, 0.05) is 105 Å². The Hall–Kier alpha value is -11.7. The normalized spacial score (nSPS) is 22.9. The number of carboxylic acids is 1. The topological polar surface area (TPSA) is 376 Å². The highest BCUT2D eigenvalue weighted by molar-refractivity contribution is 7.20. The fraction of sp³-hybridized carbons (Fsp3) is 0.400. The minimum absolute atomic E-state index is 0.0150. The summed E-state index contributed by atoms with van der Waals surface area (Å²) in [5.41, 5.74) is 11.0. The number of ether oxygens (including phenoxy) is 4. The van der Waals surface area contributed by atoms with Gasteiger partial charge in [0.05, 0.1) is 115 Å². The van der Waals surface area contributed by atoms with E-state index in [-0.39, 0.29) is 87.9 Å². The number of fused-ring (bicyclic) bond motifs is 6. The fourth-order valence-electron chi connectivity index (χ4n) is 16.4. The van der Waals surface area contributed by atoms with Crippen LogP contribution in [0.3, 0.4) is 0 Å². The number of thiazole rings is 2. The van der Waals surface area contributed by atoms with Gasteiger partial charge in [0.15, 0.2) is 28.4 Å². The number of nitrogens with zero attached hydrogens (tertiary/aromatic N) is 15. The number of amides is 4. The van der Waals surface area contributed by atoms with E-state index < -0.39 is 33.0 Å². The number of aliphatic hydroxyl groups excluding tert-OH is 1. The number of hydrogen-bond acceptors (Lipinski definition) is 25. The Bertz CT molecular complexity index is 5760. The molecule has 5 fully saturated rings. The smallest absolute Gasteiger partial charge is 0.315 e. The number of nitrogens with one attached hydrogen (secondary N) is 1. The number of rotatable bonds is 17. The molecule has 5 aliphatic carbocycles. The van der Waals surface area contributed by atoms with E-state index in [9.17, 15) is 33.9 Å². The molecule has 21 rings (SSSR count). The molecular weight excluding hydrogens is 1670 g/mol. The Morgan fingerprint density at radius 3 is 1.13 bits per heavy atom. The number of aromatic nitrogens is 12. The van der Waals surface area contributed by atoms with Crippen LogP contribution in [0.15, 0.2) is 206 Å². The van der Waals surface area contributed by atoms with Gasteiger partial charge in [-0.05, 0) is 162 Å². The van der Waals surface area contributed by atoms with Crippen molar-refractivity contribution in [2.75, 3.05) is 19.6 Å². The molecule has 7 aromatic heterocycles. The molecule has 0 spiro atoms. The number of halogens is 1. The van der Waals surface area contributed by atoms with E-state index in [4.69, 9.17) is 41.4 Å². The molecule has 0 bridgehead atoms. The van der Waals surface area contributed by atoms with Crippen molar-refractivity contribution in [2.24, 2.45) is 5.73 Å². The fourth-order valence-corrected chi connectivity index (χ4v) is 18.4. The summed E-state index contributed by atoms with van der Waals surface area (Å²) in [6.45, 7) is 20.3. The van der Waals surface area contributed by atoms with Crippen molar-refractivity contribution >= 4 is 108 Å². The van der Waals surface area contributed by atoms with E-state index in [2.05, 4.69) is 96.2 Å². The van der Waals surface area contributed by atoms with Crippen LogP contribution in [0.5, 0.6) is 5.19 Å². The molecule has 0 saturated heterocycles.